The minimum atomic E-state index is -0.851. The highest BCUT2D eigenvalue weighted by atomic mass is 79.9. The predicted octanol–water partition coefficient (Wildman–Crippen LogP) is 3.97. The Morgan fingerprint density at radius 1 is 1.18 bits per heavy atom. The minimum absolute atomic E-state index is 0.00539. The van der Waals surface area contributed by atoms with E-state index in [9.17, 15) is 19.5 Å². The first-order valence-corrected chi connectivity index (χ1v) is 15.0. The van der Waals surface area contributed by atoms with Gasteiger partial charge in [-0.2, -0.15) is 0 Å². The van der Waals surface area contributed by atoms with Crippen LogP contribution >= 0.6 is 27.7 Å². The number of alkyl halides is 1. The number of nitrogens with zero attached hydrogens (tertiary/aromatic N) is 1. The highest BCUT2D eigenvalue weighted by molar-refractivity contribution is 9.09. The number of hydrogen-bond acceptors (Lipinski definition) is 5. The van der Waals surface area contributed by atoms with Crippen molar-refractivity contribution in [3.05, 3.63) is 65.2 Å². The van der Waals surface area contributed by atoms with Crippen molar-refractivity contribution in [1.29, 1.82) is 0 Å². The number of thioether (sulfide) groups is 1. The Hall–Kier alpha value is -2.36. The molecule has 3 aliphatic heterocycles. The van der Waals surface area contributed by atoms with E-state index in [-0.39, 0.29) is 34.4 Å². The Bertz CT molecular complexity index is 1240. The number of fused-ring (bicyclic) bond motifs is 1. The van der Waals surface area contributed by atoms with Gasteiger partial charge in [-0.05, 0) is 49.4 Å². The third-order valence-electron chi connectivity index (χ3n) is 8.17. The van der Waals surface area contributed by atoms with Gasteiger partial charge in [-0.3, -0.25) is 14.4 Å². The molecule has 9 heteroatoms. The number of nitrogens with one attached hydrogen (secondary N) is 2. The van der Waals surface area contributed by atoms with Crippen LogP contribution in [0.15, 0.2) is 48.5 Å². The summed E-state index contributed by atoms with van der Waals surface area (Å²) in [5.41, 5.74) is 3.40. The second-order valence-corrected chi connectivity index (χ2v) is 13.3. The monoisotopic (exact) mass is 599 g/mol. The molecule has 2 bridgehead atoms. The van der Waals surface area contributed by atoms with E-state index in [4.69, 9.17) is 0 Å². The number of carbonyl (C=O) groups excluding carboxylic acids is 3. The van der Waals surface area contributed by atoms with Gasteiger partial charge in [0.25, 0.3) is 0 Å². The van der Waals surface area contributed by atoms with Gasteiger partial charge in [-0.15, -0.1) is 11.8 Å². The van der Waals surface area contributed by atoms with Gasteiger partial charge >= 0.3 is 0 Å². The number of halogens is 1. The molecular weight excluding hydrogens is 566 g/mol. The van der Waals surface area contributed by atoms with E-state index < -0.39 is 28.7 Å². The number of anilines is 1. The summed E-state index contributed by atoms with van der Waals surface area (Å²) in [6, 6.07) is 13.7. The van der Waals surface area contributed by atoms with E-state index in [0.717, 1.165) is 23.1 Å². The zero-order chi connectivity index (χ0) is 27.2. The Kier molecular flexibility index (Phi) is 7.64. The van der Waals surface area contributed by atoms with Crippen molar-refractivity contribution in [2.75, 3.05) is 18.5 Å². The Labute approximate surface area is 236 Å². The molecule has 38 heavy (non-hydrogen) atoms. The smallest absolute Gasteiger partial charge is 0.248 e. The molecule has 5 rings (SSSR count). The van der Waals surface area contributed by atoms with Crippen LogP contribution < -0.4 is 10.6 Å². The number of aliphatic hydroxyl groups is 1. The first-order chi connectivity index (χ1) is 18.2. The molecule has 3 heterocycles. The molecule has 1 spiro atoms. The number of carbonyl (C=O) groups is 3. The number of rotatable bonds is 8. The minimum Gasteiger partial charge on any atom is -0.394 e. The Morgan fingerprint density at radius 3 is 2.61 bits per heavy atom. The highest BCUT2D eigenvalue weighted by Gasteiger charge is 2.76. The van der Waals surface area contributed by atoms with Crippen molar-refractivity contribution in [3.63, 3.8) is 0 Å². The number of amides is 3. The summed E-state index contributed by atoms with van der Waals surface area (Å²) < 4.78 is -0.784. The second kappa shape index (κ2) is 10.7. The van der Waals surface area contributed by atoms with Crippen LogP contribution in [0.4, 0.5) is 5.69 Å². The zero-order valence-electron chi connectivity index (χ0n) is 21.8. The molecule has 2 aromatic carbocycles. The maximum absolute atomic E-state index is 14.4. The Balaban J connectivity index is 1.60. The quantitative estimate of drug-likeness (QED) is 0.399. The van der Waals surface area contributed by atoms with Gasteiger partial charge in [0.15, 0.2) is 0 Å². The average Bonchev–Trinajstić information content (AvgIpc) is 3.49. The van der Waals surface area contributed by atoms with Gasteiger partial charge in [-0.1, -0.05) is 65.3 Å². The van der Waals surface area contributed by atoms with Gasteiger partial charge in [0, 0.05) is 22.3 Å². The van der Waals surface area contributed by atoms with Crippen molar-refractivity contribution >= 4 is 51.1 Å². The second-order valence-electron chi connectivity index (χ2n) is 10.6. The molecule has 3 amide bonds. The molecule has 7 nitrogen and oxygen atoms in total. The molecule has 202 valence electrons. The van der Waals surface area contributed by atoms with Gasteiger partial charge in [0.1, 0.15) is 6.04 Å². The molecule has 0 saturated carbocycles. The van der Waals surface area contributed by atoms with E-state index in [1.165, 1.54) is 0 Å². The fourth-order valence-corrected chi connectivity index (χ4v) is 10.1. The number of likely N-dealkylation sites (tertiary alicyclic amines) is 1. The van der Waals surface area contributed by atoms with Crippen LogP contribution in [0.25, 0.3) is 0 Å². The molecular formula is C29H34BrN3O4S. The van der Waals surface area contributed by atoms with Crippen LogP contribution in [0.1, 0.15) is 42.5 Å². The van der Waals surface area contributed by atoms with E-state index in [0.29, 0.717) is 18.7 Å². The van der Waals surface area contributed by atoms with Crippen LogP contribution in [0.2, 0.25) is 0 Å². The van der Waals surface area contributed by atoms with Gasteiger partial charge in [0.2, 0.25) is 17.7 Å². The molecule has 2 aromatic rings. The Morgan fingerprint density at radius 2 is 1.92 bits per heavy atom. The summed E-state index contributed by atoms with van der Waals surface area (Å²) in [7, 11) is 0. The largest absolute Gasteiger partial charge is 0.394 e. The molecule has 3 aliphatic rings. The number of aliphatic hydroxyl groups excluding tert-OH is 1. The third-order valence-corrected chi connectivity index (χ3v) is 11.4. The lowest BCUT2D eigenvalue weighted by molar-refractivity contribution is -0.142. The summed E-state index contributed by atoms with van der Waals surface area (Å²) in [5, 5.41) is 16.6. The molecule has 0 aromatic heterocycles. The summed E-state index contributed by atoms with van der Waals surface area (Å²) in [5.74, 6) is -1.85. The van der Waals surface area contributed by atoms with Crippen LogP contribution in [-0.4, -0.2) is 61.7 Å². The molecule has 0 radical (unpaired) electrons. The molecule has 0 aliphatic carbocycles. The van der Waals surface area contributed by atoms with Gasteiger partial charge in [-0.25, -0.2) is 0 Å². The molecule has 7 atom stereocenters. The first kappa shape index (κ1) is 27.2. The van der Waals surface area contributed by atoms with Crippen molar-refractivity contribution in [2.24, 2.45) is 11.8 Å². The summed E-state index contributed by atoms with van der Waals surface area (Å²) >= 11 is 5.40. The maximum Gasteiger partial charge on any atom is 0.248 e. The SMILES string of the molecule is CCCNC(=O)[C@H]1[C@H]2C(=O)N([C@H](CO)c3ccccc3)C(C(=O)Nc3cc(C)ccc3C)C23CC(Br)[C@@H]1S3. The summed E-state index contributed by atoms with van der Waals surface area (Å²) in [4.78, 5) is 43.6. The van der Waals surface area contributed by atoms with Gasteiger partial charge < -0.3 is 20.6 Å². The summed E-state index contributed by atoms with van der Waals surface area (Å²) in [6.07, 6.45) is 1.38. The van der Waals surface area contributed by atoms with Crippen molar-refractivity contribution in [1.82, 2.24) is 10.2 Å². The number of hydrogen-bond donors (Lipinski definition) is 3. The maximum atomic E-state index is 14.4. The molecule has 3 N–H and O–H groups in total. The average molecular weight is 601 g/mol. The fraction of sp³-hybridized carbons (Fsp3) is 0.483. The molecule has 3 fully saturated rings. The zero-order valence-corrected chi connectivity index (χ0v) is 24.2. The molecule has 3 unspecified atom stereocenters. The van der Waals surface area contributed by atoms with E-state index in [1.807, 2.05) is 69.3 Å². The van der Waals surface area contributed by atoms with Crippen LogP contribution in [0.3, 0.4) is 0 Å². The number of benzene rings is 2. The van der Waals surface area contributed by atoms with Crippen molar-refractivity contribution < 1.29 is 19.5 Å². The van der Waals surface area contributed by atoms with Crippen LogP contribution in [-0.2, 0) is 14.4 Å². The predicted molar refractivity (Wildman–Crippen MR) is 153 cm³/mol. The first-order valence-electron chi connectivity index (χ1n) is 13.2. The van der Waals surface area contributed by atoms with E-state index in [2.05, 4.69) is 26.6 Å². The standard InChI is InChI=1S/C29H34BrN3O4S/c1-4-12-31-26(35)22-23-28(37)33(21(15-34)18-8-6-5-7-9-18)25(29(23)14-19(30)24(22)38-29)27(36)32-20-13-16(2)10-11-17(20)3/h5-11,13,19,21-25,34H,4,12,14-15H2,1-3H3,(H,31,35)(H,32,36)/t19?,21-,22+,23+,24+,25?,29?/m1/s1. The van der Waals surface area contributed by atoms with E-state index >= 15 is 0 Å². The lowest BCUT2D eigenvalue weighted by atomic mass is 9.70. The van der Waals surface area contributed by atoms with Crippen molar-refractivity contribution in [2.45, 2.75) is 60.5 Å². The van der Waals surface area contributed by atoms with Gasteiger partial charge in [0.05, 0.1) is 29.2 Å². The lowest BCUT2D eigenvalue weighted by Gasteiger charge is -2.37. The molecule has 3 saturated heterocycles. The summed E-state index contributed by atoms with van der Waals surface area (Å²) in [6.45, 7) is 6.11. The third kappa shape index (κ3) is 4.36. The topological polar surface area (TPSA) is 98.7 Å². The van der Waals surface area contributed by atoms with Crippen LogP contribution in [0.5, 0.6) is 0 Å². The highest BCUT2D eigenvalue weighted by Crippen LogP contribution is 2.68. The normalized spacial score (nSPS) is 30.3. The fourth-order valence-electron chi connectivity index (χ4n) is 6.47. The number of aryl methyl sites for hydroxylation is 2. The van der Waals surface area contributed by atoms with E-state index in [1.54, 1.807) is 16.7 Å². The van der Waals surface area contributed by atoms with Crippen molar-refractivity contribution in [3.8, 4) is 0 Å². The van der Waals surface area contributed by atoms with Crippen LogP contribution in [0, 0.1) is 25.7 Å². The lowest BCUT2D eigenvalue weighted by Crippen LogP contribution is -2.53.